The predicted octanol–water partition coefficient (Wildman–Crippen LogP) is 6.27. The fourth-order valence-electron chi connectivity index (χ4n) is 4.30. The van der Waals surface area contributed by atoms with E-state index in [1.807, 2.05) is 39.0 Å². The van der Waals surface area contributed by atoms with Gasteiger partial charge in [-0.1, -0.05) is 37.6 Å². The van der Waals surface area contributed by atoms with Crippen LogP contribution in [0.5, 0.6) is 5.75 Å². The number of carbonyl (C=O) groups excluding carboxylic acids is 2. The average molecular weight is 524 g/mol. The van der Waals surface area contributed by atoms with Crippen LogP contribution >= 0.6 is 11.6 Å². The highest BCUT2D eigenvalue weighted by Gasteiger charge is 2.29. The number of nitrogens with one attached hydrogen (secondary N) is 1. The lowest BCUT2D eigenvalue weighted by atomic mass is 9.93. The molecule has 1 aliphatic rings. The normalized spacial score (nSPS) is 13.9. The zero-order chi connectivity index (χ0) is 26.9. The molecule has 0 aliphatic heterocycles. The van der Waals surface area contributed by atoms with Crippen LogP contribution in [0.2, 0.25) is 5.02 Å². The second-order valence-corrected chi connectivity index (χ2v) is 9.62. The number of furan rings is 1. The first-order valence-corrected chi connectivity index (χ1v) is 12.2. The number of carbonyl (C=O) groups is 2. The molecule has 1 aromatic heterocycles. The third kappa shape index (κ3) is 5.41. The number of benzene rings is 2. The van der Waals surface area contributed by atoms with E-state index in [9.17, 15) is 19.7 Å². The minimum Gasteiger partial charge on any atom is -0.453 e. The Bertz CT molecular complexity index is 1440. The van der Waals surface area contributed by atoms with Crippen LogP contribution < -0.4 is 10.2 Å². The van der Waals surface area contributed by atoms with Crippen LogP contribution in [0.4, 0.5) is 5.69 Å². The van der Waals surface area contributed by atoms with Gasteiger partial charge in [0.2, 0.25) is 5.76 Å². The lowest BCUT2D eigenvalue weighted by Crippen LogP contribution is -2.22. The van der Waals surface area contributed by atoms with Crippen molar-refractivity contribution in [2.45, 2.75) is 52.9 Å². The van der Waals surface area contributed by atoms with E-state index < -0.39 is 16.8 Å². The molecule has 1 heterocycles. The van der Waals surface area contributed by atoms with Gasteiger partial charge in [0.15, 0.2) is 0 Å². The summed E-state index contributed by atoms with van der Waals surface area (Å²) in [7, 11) is 0. The Kier molecular flexibility index (Phi) is 7.45. The molecular formula is C27H26ClN3O6. The fraction of sp³-hybridized carbons (Fsp3) is 0.296. The van der Waals surface area contributed by atoms with Crippen molar-refractivity contribution in [2.75, 3.05) is 0 Å². The number of esters is 1. The Morgan fingerprint density at radius 3 is 2.62 bits per heavy atom. The summed E-state index contributed by atoms with van der Waals surface area (Å²) in [5.74, 6) is 0.123. The highest BCUT2D eigenvalue weighted by Crippen LogP contribution is 2.33. The highest BCUT2D eigenvalue weighted by atomic mass is 35.5. The molecule has 0 saturated carbocycles. The van der Waals surface area contributed by atoms with Gasteiger partial charge < -0.3 is 9.15 Å². The molecule has 37 heavy (non-hydrogen) atoms. The van der Waals surface area contributed by atoms with E-state index in [4.69, 9.17) is 20.8 Å². The number of nitro groups is 1. The smallest absolute Gasteiger partial charge is 0.379 e. The molecule has 3 aromatic rings. The van der Waals surface area contributed by atoms with E-state index in [2.05, 4.69) is 10.5 Å². The molecule has 2 aromatic carbocycles. The van der Waals surface area contributed by atoms with Crippen molar-refractivity contribution < 1.29 is 23.7 Å². The summed E-state index contributed by atoms with van der Waals surface area (Å²) in [6.45, 7) is 7.73. The molecule has 192 valence electrons. The van der Waals surface area contributed by atoms with Crippen LogP contribution in [-0.4, -0.2) is 22.5 Å². The number of rotatable bonds is 6. The number of amides is 1. The monoisotopic (exact) mass is 523 g/mol. The molecule has 1 amide bonds. The Morgan fingerprint density at radius 2 is 1.92 bits per heavy atom. The molecule has 0 bridgehead atoms. The minimum absolute atomic E-state index is 0.0452. The number of nitrogens with zero attached hydrogens (tertiary/aromatic N) is 2. The Hall–Kier alpha value is -3.98. The summed E-state index contributed by atoms with van der Waals surface area (Å²) in [5.41, 5.74) is 5.81. The van der Waals surface area contributed by atoms with Gasteiger partial charge in [-0.25, -0.2) is 10.2 Å². The first-order chi connectivity index (χ1) is 17.6. The number of hydrazone groups is 1. The largest absolute Gasteiger partial charge is 0.453 e. The Morgan fingerprint density at radius 1 is 1.16 bits per heavy atom. The summed E-state index contributed by atoms with van der Waals surface area (Å²) in [5, 5.41) is 15.3. The quantitative estimate of drug-likeness (QED) is 0.176. The van der Waals surface area contributed by atoms with Gasteiger partial charge in [-0.05, 0) is 61.9 Å². The Balaban J connectivity index is 1.59. The van der Waals surface area contributed by atoms with Crippen molar-refractivity contribution in [2.24, 2.45) is 5.10 Å². The highest BCUT2D eigenvalue weighted by molar-refractivity contribution is 6.32. The molecule has 0 spiro atoms. The first-order valence-electron chi connectivity index (χ1n) is 11.8. The summed E-state index contributed by atoms with van der Waals surface area (Å²) < 4.78 is 11.7. The zero-order valence-corrected chi connectivity index (χ0v) is 21.6. The molecule has 1 N–H and O–H groups in total. The number of halogens is 1. The lowest BCUT2D eigenvalue weighted by molar-refractivity contribution is -0.384. The van der Waals surface area contributed by atoms with Crippen molar-refractivity contribution in [3.63, 3.8) is 0 Å². The van der Waals surface area contributed by atoms with E-state index in [-0.39, 0.29) is 28.0 Å². The SMILES string of the molecule is Cc1ccc(C(C)C)c(OC(=O)c2oc3c(c2C)/C(=N/NC(=O)c2ccc(Cl)c([N+](=O)[O-])c2)CCC3)c1. The molecule has 1 aliphatic carbocycles. The molecular weight excluding hydrogens is 498 g/mol. The van der Waals surface area contributed by atoms with E-state index in [1.165, 1.54) is 12.1 Å². The van der Waals surface area contributed by atoms with E-state index in [0.717, 1.165) is 17.2 Å². The minimum atomic E-state index is -0.658. The molecule has 0 saturated heterocycles. The van der Waals surface area contributed by atoms with Gasteiger partial charge in [-0.3, -0.25) is 14.9 Å². The van der Waals surface area contributed by atoms with Crippen LogP contribution in [0.15, 0.2) is 45.9 Å². The summed E-state index contributed by atoms with van der Waals surface area (Å²) in [6.07, 6.45) is 1.88. The van der Waals surface area contributed by atoms with Crippen molar-refractivity contribution >= 4 is 34.9 Å². The second kappa shape index (κ2) is 10.6. The standard InChI is InChI=1S/C27H26ClN3O6/c1-14(2)18-10-8-15(3)12-23(18)37-27(33)25-16(4)24-20(6-5-7-22(24)36-25)29-30-26(32)17-9-11-19(28)21(13-17)31(34)35/h8-14H,5-7H2,1-4H3,(H,30,32)/b29-20+. The first kappa shape index (κ1) is 26.1. The predicted molar refractivity (Wildman–Crippen MR) is 139 cm³/mol. The topological polar surface area (TPSA) is 124 Å². The van der Waals surface area contributed by atoms with Crippen molar-refractivity contribution in [3.05, 3.63) is 90.9 Å². The van der Waals surface area contributed by atoms with Gasteiger partial charge in [-0.2, -0.15) is 5.10 Å². The number of fused-ring (bicyclic) bond motifs is 1. The maximum absolute atomic E-state index is 13.1. The molecule has 0 unspecified atom stereocenters. The molecule has 10 heteroatoms. The molecule has 0 fully saturated rings. The van der Waals surface area contributed by atoms with E-state index >= 15 is 0 Å². The number of ether oxygens (including phenoxy) is 1. The maximum atomic E-state index is 13.1. The maximum Gasteiger partial charge on any atom is 0.379 e. The van der Waals surface area contributed by atoms with Gasteiger partial charge in [-0.15, -0.1) is 0 Å². The number of nitro benzene ring substituents is 1. The van der Waals surface area contributed by atoms with Gasteiger partial charge in [0, 0.05) is 29.2 Å². The zero-order valence-electron chi connectivity index (χ0n) is 20.9. The number of aryl methyl sites for hydroxylation is 2. The van der Waals surface area contributed by atoms with Gasteiger partial charge in [0.1, 0.15) is 16.5 Å². The summed E-state index contributed by atoms with van der Waals surface area (Å²) in [4.78, 5) is 36.2. The van der Waals surface area contributed by atoms with Crippen molar-refractivity contribution in [1.82, 2.24) is 5.43 Å². The van der Waals surface area contributed by atoms with Gasteiger partial charge in [0.25, 0.3) is 11.6 Å². The van der Waals surface area contributed by atoms with Crippen LogP contribution in [0.25, 0.3) is 0 Å². The molecule has 4 rings (SSSR count). The third-order valence-corrected chi connectivity index (χ3v) is 6.52. The Labute approximate surface area is 218 Å². The van der Waals surface area contributed by atoms with Crippen LogP contribution in [0.1, 0.15) is 81.5 Å². The lowest BCUT2D eigenvalue weighted by Gasteiger charge is -2.13. The molecule has 0 radical (unpaired) electrons. The second-order valence-electron chi connectivity index (χ2n) is 9.22. The average Bonchev–Trinajstić information content (AvgIpc) is 3.19. The van der Waals surface area contributed by atoms with E-state index in [1.54, 1.807) is 6.92 Å². The summed E-state index contributed by atoms with van der Waals surface area (Å²) in [6, 6.07) is 9.52. The molecule has 9 nitrogen and oxygen atoms in total. The third-order valence-electron chi connectivity index (χ3n) is 6.20. The fourth-order valence-corrected chi connectivity index (χ4v) is 4.49. The van der Waals surface area contributed by atoms with Crippen molar-refractivity contribution in [3.8, 4) is 5.75 Å². The van der Waals surface area contributed by atoms with Gasteiger partial charge in [0.05, 0.1) is 10.6 Å². The molecule has 0 atom stereocenters. The van der Waals surface area contributed by atoms with Crippen LogP contribution in [0.3, 0.4) is 0 Å². The number of hydrogen-bond acceptors (Lipinski definition) is 7. The van der Waals surface area contributed by atoms with Crippen LogP contribution in [0, 0.1) is 24.0 Å². The van der Waals surface area contributed by atoms with E-state index in [0.29, 0.717) is 47.6 Å². The van der Waals surface area contributed by atoms with Crippen molar-refractivity contribution in [1.29, 1.82) is 0 Å². The number of hydrogen-bond donors (Lipinski definition) is 1. The summed E-state index contributed by atoms with van der Waals surface area (Å²) >= 11 is 5.83. The van der Waals surface area contributed by atoms with Gasteiger partial charge >= 0.3 is 5.97 Å². The van der Waals surface area contributed by atoms with Crippen LogP contribution in [-0.2, 0) is 6.42 Å².